The number of likely N-dealkylation sites (tertiary alicyclic amines) is 1. The van der Waals surface area contributed by atoms with Crippen LogP contribution in [0.5, 0.6) is 0 Å². The molecule has 2 heterocycles. The maximum Gasteiger partial charge on any atom is 0.223 e. The highest BCUT2D eigenvalue weighted by atomic mass is 35.5. The standard InChI is InChI=1S/C13H19ClN2OS.ClH/c14-12-6-4-11(18-12)5-7-13(17)16-8-2-1-3-10(16)9-15;/h4,6,10H,1-3,5,7-9,15H2;1H. The number of thiophene rings is 1. The second-order valence-corrected chi connectivity index (χ2v) is 6.48. The first-order chi connectivity index (χ1) is 8.70. The highest BCUT2D eigenvalue weighted by Gasteiger charge is 2.25. The van der Waals surface area contributed by atoms with Gasteiger partial charge in [-0.15, -0.1) is 23.7 Å². The largest absolute Gasteiger partial charge is 0.338 e. The van der Waals surface area contributed by atoms with E-state index in [-0.39, 0.29) is 24.4 Å². The molecule has 0 spiro atoms. The van der Waals surface area contributed by atoms with Crippen LogP contribution in [-0.2, 0) is 11.2 Å². The minimum Gasteiger partial charge on any atom is -0.338 e. The van der Waals surface area contributed by atoms with Crippen molar-refractivity contribution in [3.05, 3.63) is 21.3 Å². The number of amides is 1. The molecule has 0 radical (unpaired) electrons. The fourth-order valence-electron chi connectivity index (χ4n) is 2.43. The van der Waals surface area contributed by atoms with Crippen LogP contribution < -0.4 is 5.73 Å². The van der Waals surface area contributed by atoms with Gasteiger partial charge in [0.25, 0.3) is 0 Å². The van der Waals surface area contributed by atoms with Crippen molar-refractivity contribution in [2.45, 2.75) is 38.1 Å². The summed E-state index contributed by atoms with van der Waals surface area (Å²) in [5.41, 5.74) is 5.73. The van der Waals surface area contributed by atoms with Crippen molar-refractivity contribution < 1.29 is 4.79 Å². The average molecular weight is 323 g/mol. The van der Waals surface area contributed by atoms with Crippen molar-refractivity contribution in [1.29, 1.82) is 0 Å². The van der Waals surface area contributed by atoms with Gasteiger partial charge in [-0.1, -0.05) is 11.6 Å². The molecule has 6 heteroatoms. The van der Waals surface area contributed by atoms with E-state index in [1.165, 1.54) is 11.3 Å². The molecule has 1 saturated heterocycles. The zero-order valence-corrected chi connectivity index (χ0v) is 13.2. The van der Waals surface area contributed by atoms with Gasteiger partial charge in [-0.3, -0.25) is 4.79 Å². The molecule has 1 atom stereocenters. The monoisotopic (exact) mass is 322 g/mol. The summed E-state index contributed by atoms with van der Waals surface area (Å²) in [6.45, 7) is 1.45. The Morgan fingerprint density at radius 3 is 2.89 bits per heavy atom. The van der Waals surface area contributed by atoms with Gasteiger partial charge < -0.3 is 10.6 Å². The fourth-order valence-corrected chi connectivity index (χ4v) is 3.52. The van der Waals surface area contributed by atoms with E-state index >= 15 is 0 Å². The van der Waals surface area contributed by atoms with Crippen LogP contribution in [0.3, 0.4) is 0 Å². The predicted octanol–water partition coefficient (Wildman–Crippen LogP) is 3.10. The lowest BCUT2D eigenvalue weighted by Gasteiger charge is -2.35. The first-order valence-corrected chi connectivity index (χ1v) is 7.64. The highest BCUT2D eigenvalue weighted by Crippen LogP contribution is 2.23. The summed E-state index contributed by atoms with van der Waals surface area (Å²) in [7, 11) is 0. The molecule has 1 amide bonds. The number of hydrogen-bond donors (Lipinski definition) is 1. The summed E-state index contributed by atoms with van der Waals surface area (Å²) in [6.07, 6.45) is 4.68. The van der Waals surface area contributed by atoms with Crippen molar-refractivity contribution in [3.8, 4) is 0 Å². The van der Waals surface area contributed by atoms with Crippen LogP contribution in [0.1, 0.15) is 30.6 Å². The number of hydrogen-bond acceptors (Lipinski definition) is 3. The fraction of sp³-hybridized carbons (Fsp3) is 0.615. The molecular formula is C13H20Cl2N2OS. The molecule has 0 aliphatic carbocycles. The zero-order chi connectivity index (χ0) is 13.0. The number of aryl methyl sites for hydroxylation is 1. The topological polar surface area (TPSA) is 46.3 Å². The summed E-state index contributed by atoms with van der Waals surface area (Å²) in [5.74, 6) is 0.231. The van der Waals surface area contributed by atoms with Crippen LogP contribution in [0.15, 0.2) is 12.1 Å². The number of nitrogens with two attached hydrogens (primary N) is 1. The quantitative estimate of drug-likeness (QED) is 0.925. The molecule has 0 aromatic carbocycles. The van der Waals surface area contributed by atoms with Crippen LogP contribution in [0, 0.1) is 0 Å². The first-order valence-electron chi connectivity index (χ1n) is 6.44. The van der Waals surface area contributed by atoms with E-state index in [1.54, 1.807) is 11.3 Å². The average Bonchev–Trinajstić information content (AvgIpc) is 2.81. The Bertz CT molecular complexity index is 411. The van der Waals surface area contributed by atoms with E-state index in [2.05, 4.69) is 0 Å². The number of rotatable bonds is 4. The van der Waals surface area contributed by atoms with Crippen molar-refractivity contribution in [2.24, 2.45) is 5.73 Å². The molecule has 1 fully saturated rings. The van der Waals surface area contributed by atoms with Gasteiger partial charge in [0.05, 0.1) is 4.34 Å². The van der Waals surface area contributed by atoms with Crippen LogP contribution >= 0.6 is 35.3 Å². The van der Waals surface area contributed by atoms with Gasteiger partial charge in [0.2, 0.25) is 5.91 Å². The Kier molecular flexibility index (Phi) is 7.15. The van der Waals surface area contributed by atoms with E-state index in [1.807, 2.05) is 17.0 Å². The Morgan fingerprint density at radius 1 is 1.47 bits per heavy atom. The Hall–Kier alpha value is -0.290. The number of nitrogens with zero attached hydrogens (tertiary/aromatic N) is 1. The van der Waals surface area contributed by atoms with Gasteiger partial charge in [-0.2, -0.15) is 0 Å². The van der Waals surface area contributed by atoms with Gasteiger partial charge >= 0.3 is 0 Å². The summed E-state index contributed by atoms with van der Waals surface area (Å²) in [6, 6.07) is 4.13. The molecular weight excluding hydrogens is 303 g/mol. The summed E-state index contributed by atoms with van der Waals surface area (Å²) >= 11 is 7.43. The van der Waals surface area contributed by atoms with Crippen LogP contribution in [0.4, 0.5) is 0 Å². The zero-order valence-electron chi connectivity index (χ0n) is 10.8. The van der Waals surface area contributed by atoms with Crippen molar-refractivity contribution in [2.75, 3.05) is 13.1 Å². The third kappa shape index (κ3) is 4.63. The number of carbonyl (C=O) groups excluding carboxylic acids is 1. The first kappa shape index (κ1) is 16.8. The lowest BCUT2D eigenvalue weighted by Crippen LogP contribution is -2.47. The smallest absolute Gasteiger partial charge is 0.223 e. The van der Waals surface area contributed by atoms with E-state index < -0.39 is 0 Å². The van der Waals surface area contributed by atoms with E-state index in [4.69, 9.17) is 17.3 Å². The molecule has 0 bridgehead atoms. The lowest BCUT2D eigenvalue weighted by molar-refractivity contribution is -0.134. The Labute approximate surface area is 129 Å². The molecule has 3 nitrogen and oxygen atoms in total. The van der Waals surface area contributed by atoms with Crippen LogP contribution in [-0.4, -0.2) is 29.9 Å². The molecule has 2 rings (SSSR count). The van der Waals surface area contributed by atoms with E-state index in [9.17, 15) is 4.79 Å². The van der Waals surface area contributed by atoms with E-state index in [0.29, 0.717) is 13.0 Å². The summed E-state index contributed by atoms with van der Waals surface area (Å²) in [5, 5.41) is 0. The lowest BCUT2D eigenvalue weighted by atomic mass is 10.0. The van der Waals surface area contributed by atoms with Gasteiger partial charge in [-0.25, -0.2) is 0 Å². The molecule has 1 unspecified atom stereocenters. The molecule has 1 aliphatic rings. The minimum atomic E-state index is 0. The van der Waals surface area contributed by atoms with Gasteiger partial charge in [0.15, 0.2) is 0 Å². The van der Waals surface area contributed by atoms with Gasteiger partial charge in [-0.05, 0) is 37.8 Å². The maximum absolute atomic E-state index is 12.2. The third-order valence-electron chi connectivity index (χ3n) is 3.43. The third-order valence-corrected chi connectivity index (χ3v) is 4.72. The minimum absolute atomic E-state index is 0. The summed E-state index contributed by atoms with van der Waals surface area (Å²) < 4.78 is 0.787. The molecule has 1 aromatic heterocycles. The molecule has 1 aromatic rings. The molecule has 2 N–H and O–H groups in total. The normalized spacial score (nSPS) is 19.1. The van der Waals surface area contributed by atoms with Crippen LogP contribution in [0.2, 0.25) is 4.34 Å². The van der Waals surface area contributed by atoms with Crippen molar-refractivity contribution in [3.63, 3.8) is 0 Å². The van der Waals surface area contributed by atoms with Crippen molar-refractivity contribution >= 4 is 41.3 Å². The highest BCUT2D eigenvalue weighted by molar-refractivity contribution is 7.16. The number of piperidine rings is 1. The van der Waals surface area contributed by atoms with Gasteiger partial charge in [0, 0.05) is 30.4 Å². The molecule has 1 aliphatic heterocycles. The molecule has 108 valence electrons. The predicted molar refractivity (Wildman–Crippen MR) is 83.3 cm³/mol. The molecule has 0 saturated carbocycles. The second-order valence-electron chi connectivity index (χ2n) is 4.68. The van der Waals surface area contributed by atoms with Crippen molar-refractivity contribution in [1.82, 2.24) is 4.90 Å². The van der Waals surface area contributed by atoms with E-state index in [0.717, 1.165) is 30.1 Å². The Morgan fingerprint density at radius 2 is 2.26 bits per heavy atom. The Balaban J connectivity index is 0.00000180. The number of carbonyl (C=O) groups is 1. The van der Waals surface area contributed by atoms with Crippen LogP contribution in [0.25, 0.3) is 0 Å². The summed E-state index contributed by atoms with van der Waals surface area (Å²) in [4.78, 5) is 15.3. The molecule has 19 heavy (non-hydrogen) atoms. The number of halogens is 2. The van der Waals surface area contributed by atoms with Gasteiger partial charge in [0.1, 0.15) is 0 Å². The second kappa shape index (κ2) is 8.10. The SMILES string of the molecule is Cl.NCC1CCCCN1C(=O)CCc1ccc(Cl)s1. The maximum atomic E-state index is 12.2.